The van der Waals surface area contributed by atoms with Gasteiger partial charge in [0.2, 0.25) is 0 Å². The van der Waals surface area contributed by atoms with Gasteiger partial charge in [-0.3, -0.25) is 9.52 Å². The largest absolute Gasteiger partial charge is 0.338 e. The van der Waals surface area contributed by atoms with E-state index in [2.05, 4.69) is 18.6 Å². The first-order chi connectivity index (χ1) is 13.2. The highest BCUT2D eigenvalue weighted by Crippen LogP contribution is 2.27. The van der Waals surface area contributed by atoms with Gasteiger partial charge in [0, 0.05) is 24.3 Å². The molecular formula is C20H22ClFN2O3S. The second-order valence-electron chi connectivity index (χ2n) is 7.41. The molecule has 0 spiro atoms. The summed E-state index contributed by atoms with van der Waals surface area (Å²) in [7, 11) is -4.04. The highest BCUT2D eigenvalue weighted by Gasteiger charge is 2.27. The van der Waals surface area contributed by atoms with Crippen molar-refractivity contribution in [1.29, 1.82) is 0 Å². The molecule has 8 heteroatoms. The number of amides is 1. The lowest BCUT2D eigenvalue weighted by Crippen LogP contribution is -2.42. The van der Waals surface area contributed by atoms with E-state index < -0.39 is 15.8 Å². The Morgan fingerprint density at radius 2 is 1.71 bits per heavy atom. The summed E-state index contributed by atoms with van der Waals surface area (Å²) in [5.41, 5.74) is 0.470. The first kappa shape index (κ1) is 20.6. The molecule has 2 unspecified atom stereocenters. The first-order valence-electron chi connectivity index (χ1n) is 9.03. The van der Waals surface area contributed by atoms with Crippen molar-refractivity contribution in [3.05, 3.63) is 58.9 Å². The third-order valence-corrected chi connectivity index (χ3v) is 6.58. The van der Waals surface area contributed by atoms with Gasteiger partial charge in [-0.25, -0.2) is 12.8 Å². The van der Waals surface area contributed by atoms with E-state index in [1.54, 1.807) is 4.90 Å². The van der Waals surface area contributed by atoms with Crippen LogP contribution in [0, 0.1) is 17.7 Å². The molecular weight excluding hydrogens is 403 g/mol. The van der Waals surface area contributed by atoms with Gasteiger partial charge in [0.15, 0.2) is 0 Å². The number of rotatable bonds is 4. The molecule has 1 saturated heterocycles. The van der Waals surface area contributed by atoms with Crippen molar-refractivity contribution >= 4 is 33.2 Å². The van der Waals surface area contributed by atoms with Crippen LogP contribution in [0.1, 0.15) is 30.6 Å². The van der Waals surface area contributed by atoms with Gasteiger partial charge in [-0.15, -0.1) is 0 Å². The Morgan fingerprint density at radius 3 is 2.32 bits per heavy atom. The normalized spacial score (nSPS) is 20.1. The monoisotopic (exact) mass is 424 g/mol. The van der Waals surface area contributed by atoms with Crippen LogP contribution in [0.4, 0.5) is 10.1 Å². The van der Waals surface area contributed by atoms with Gasteiger partial charge in [0.1, 0.15) is 10.7 Å². The lowest BCUT2D eigenvalue weighted by atomic mass is 9.91. The summed E-state index contributed by atoms with van der Waals surface area (Å²) in [4.78, 5) is 14.5. The molecule has 0 radical (unpaired) electrons. The van der Waals surface area contributed by atoms with E-state index in [1.807, 2.05) is 0 Å². The summed E-state index contributed by atoms with van der Waals surface area (Å²) in [5.74, 6) is 0.0959. The van der Waals surface area contributed by atoms with Crippen LogP contribution in [0.15, 0.2) is 47.4 Å². The number of likely N-dealkylation sites (tertiary alicyclic amines) is 1. The summed E-state index contributed by atoms with van der Waals surface area (Å²) in [6, 6.07) is 9.16. The highest BCUT2D eigenvalue weighted by molar-refractivity contribution is 7.92. The molecule has 1 heterocycles. The SMILES string of the molecule is CC1CC(C)CN(C(=O)c2ccc(Cl)c(S(=O)(=O)Nc3ccc(F)cc3)c2)C1. The second kappa shape index (κ2) is 8.09. The van der Waals surface area contributed by atoms with Crippen molar-refractivity contribution in [3.63, 3.8) is 0 Å². The average molecular weight is 425 g/mol. The van der Waals surface area contributed by atoms with Crippen molar-refractivity contribution in [1.82, 2.24) is 4.90 Å². The lowest BCUT2D eigenvalue weighted by Gasteiger charge is -2.35. The Balaban J connectivity index is 1.88. The predicted molar refractivity (Wildman–Crippen MR) is 108 cm³/mol. The van der Waals surface area contributed by atoms with Gasteiger partial charge < -0.3 is 4.90 Å². The van der Waals surface area contributed by atoms with Gasteiger partial charge in [-0.2, -0.15) is 0 Å². The zero-order chi connectivity index (χ0) is 20.5. The Labute approximate surface area is 169 Å². The van der Waals surface area contributed by atoms with Crippen LogP contribution >= 0.6 is 11.6 Å². The van der Waals surface area contributed by atoms with Gasteiger partial charge in [-0.1, -0.05) is 25.4 Å². The Kier molecular flexibility index (Phi) is 5.95. The number of hydrogen-bond acceptors (Lipinski definition) is 3. The number of benzene rings is 2. The molecule has 0 saturated carbocycles. The molecule has 1 aliphatic heterocycles. The van der Waals surface area contributed by atoms with E-state index in [4.69, 9.17) is 11.6 Å². The fourth-order valence-electron chi connectivity index (χ4n) is 3.58. The molecule has 150 valence electrons. The molecule has 2 aromatic rings. The molecule has 2 atom stereocenters. The van der Waals surface area contributed by atoms with Crippen molar-refractivity contribution in [2.75, 3.05) is 17.8 Å². The molecule has 28 heavy (non-hydrogen) atoms. The van der Waals surface area contributed by atoms with E-state index in [9.17, 15) is 17.6 Å². The number of nitrogens with one attached hydrogen (secondary N) is 1. The first-order valence-corrected chi connectivity index (χ1v) is 10.9. The van der Waals surface area contributed by atoms with Crippen molar-refractivity contribution in [2.45, 2.75) is 25.2 Å². The molecule has 1 amide bonds. The molecule has 1 aliphatic rings. The van der Waals surface area contributed by atoms with Gasteiger partial charge >= 0.3 is 0 Å². The van der Waals surface area contributed by atoms with Crippen LogP contribution in [0.5, 0.6) is 0 Å². The van der Waals surface area contributed by atoms with Crippen molar-refractivity contribution in [3.8, 4) is 0 Å². The van der Waals surface area contributed by atoms with E-state index in [1.165, 1.54) is 30.3 Å². The third-order valence-electron chi connectivity index (χ3n) is 4.72. The molecule has 0 bridgehead atoms. The number of anilines is 1. The Bertz CT molecular complexity index is 969. The smallest absolute Gasteiger partial charge is 0.263 e. The summed E-state index contributed by atoms with van der Waals surface area (Å²) >= 11 is 6.10. The second-order valence-corrected chi connectivity index (χ2v) is 9.47. The minimum atomic E-state index is -4.04. The van der Waals surface area contributed by atoms with E-state index >= 15 is 0 Å². The number of sulfonamides is 1. The maximum absolute atomic E-state index is 13.0. The van der Waals surface area contributed by atoms with Crippen LogP contribution in [-0.4, -0.2) is 32.3 Å². The highest BCUT2D eigenvalue weighted by atomic mass is 35.5. The number of hydrogen-bond donors (Lipinski definition) is 1. The fraction of sp³-hybridized carbons (Fsp3) is 0.350. The standard InChI is InChI=1S/C20H22ClFN2O3S/c1-13-9-14(2)12-24(11-13)20(25)15-3-8-18(21)19(10-15)28(26,27)23-17-6-4-16(22)5-7-17/h3-8,10,13-14,23H,9,11-12H2,1-2H3. The quantitative estimate of drug-likeness (QED) is 0.791. The minimum absolute atomic E-state index is 0.00606. The van der Waals surface area contributed by atoms with Crippen LogP contribution in [0.3, 0.4) is 0 Å². The molecule has 2 aromatic carbocycles. The van der Waals surface area contributed by atoms with Crippen LogP contribution < -0.4 is 4.72 Å². The van der Waals surface area contributed by atoms with Crippen molar-refractivity contribution < 1.29 is 17.6 Å². The Hall–Kier alpha value is -2.12. The Morgan fingerprint density at radius 1 is 1.11 bits per heavy atom. The van der Waals surface area contributed by atoms with Gasteiger partial charge in [-0.05, 0) is 60.7 Å². The number of nitrogens with zero attached hydrogens (tertiary/aromatic N) is 1. The van der Waals surface area contributed by atoms with Crippen LogP contribution in [-0.2, 0) is 10.0 Å². The predicted octanol–water partition coefficient (Wildman–Crippen LogP) is 4.40. The summed E-state index contributed by atoms with van der Waals surface area (Å²) in [6.45, 7) is 5.48. The molecule has 0 aromatic heterocycles. The lowest BCUT2D eigenvalue weighted by molar-refractivity contribution is 0.0623. The van der Waals surface area contributed by atoms with E-state index in [-0.39, 0.29) is 27.1 Å². The molecule has 1 N–H and O–H groups in total. The number of piperidine rings is 1. The van der Waals surface area contributed by atoms with Crippen LogP contribution in [0.2, 0.25) is 5.02 Å². The zero-order valence-electron chi connectivity index (χ0n) is 15.7. The maximum atomic E-state index is 13.0. The summed E-state index contributed by atoms with van der Waals surface area (Å²) in [5, 5.41) is 0.00606. The number of carbonyl (C=O) groups excluding carboxylic acids is 1. The molecule has 5 nitrogen and oxygen atoms in total. The number of halogens is 2. The molecule has 1 fully saturated rings. The summed E-state index contributed by atoms with van der Waals surface area (Å²) in [6.07, 6.45) is 1.06. The topological polar surface area (TPSA) is 66.5 Å². The minimum Gasteiger partial charge on any atom is -0.338 e. The molecule has 3 rings (SSSR count). The fourth-order valence-corrected chi connectivity index (χ4v) is 5.17. The summed E-state index contributed by atoms with van der Waals surface area (Å²) < 4.78 is 40.9. The van der Waals surface area contributed by atoms with Crippen molar-refractivity contribution in [2.24, 2.45) is 11.8 Å². The maximum Gasteiger partial charge on any atom is 0.263 e. The average Bonchev–Trinajstić information content (AvgIpc) is 2.62. The van der Waals surface area contributed by atoms with E-state index in [0.717, 1.165) is 18.6 Å². The van der Waals surface area contributed by atoms with Gasteiger partial charge in [0.05, 0.1) is 5.02 Å². The zero-order valence-corrected chi connectivity index (χ0v) is 17.2. The third kappa shape index (κ3) is 4.64. The van der Waals surface area contributed by atoms with Gasteiger partial charge in [0.25, 0.3) is 15.9 Å². The van der Waals surface area contributed by atoms with E-state index in [0.29, 0.717) is 24.9 Å². The number of carbonyl (C=O) groups is 1. The molecule has 0 aliphatic carbocycles. The van der Waals surface area contributed by atoms with Crippen LogP contribution in [0.25, 0.3) is 0 Å².